The number of benzene rings is 2. The van der Waals surface area contributed by atoms with Gasteiger partial charge in [-0.2, -0.15) is 5.26 Å². The Hall–Kier alpha value is -2.62. The summed E-state index contributed by atoms with van der Waals surface area (Å²) in [6, 6.07) is 11.5. The van der Waals surface area contributed by atoms with Crippen LogP contribution in [0.2, 0.25) is 0 Å². The molecule has 0 aliphatic heterocycles. The Morgan fingerprint density at radius 2 is 1.66 bits per heavy atom. The number of nitrogens with zero attached hydrogens (tertiary/aromatic N) is 1. The first-order valence-corrected chi connectivity index (χ1v) is 11.1. The fourth-order valence-corrected chi connectivity index (χ4v) is 5.37. The van der Waals surface area contributed by atoms with Gasteiger partial charge in [-0.15, -0.1) is 22.7 Å². The summed E-state index contributed by atoms with van der Waals surface area (Å²) in [4.78, 5) is 0. The summed E-state index contributed by atoms with van der Waals surface area (Å²) in [5, 5.41) is 13.5. The Morgan fingerprint density at radius 1 is 0.966 bits per heavy atom. The largest absolute Gasteiger partial charge is 0.399 e. The molecule has 0 atom stereocenters. The van der Waals surface area contributed by atoms with Gasteiger partial charge in [-0.1, -0.05) is 33.8 Å². The molecule has 3 nitrogen and oxygen atoms in total. The van der Waals surface area contributed by atoms with E-state index in [4.69, 9.17) is 16.7 Å². The van der Waals surface area contributed by atoms with E-state index in [0.29, 0.717) is 26.6 Å². The molecule has 0 amide bonds. The minimum Gasteiger partial charge on any atom is -0.399 e. The molecule has 29 heavy (non-hydrogen) atoms. The fourth-order valence-electron chi connectivity index (χ4n) is 3.37. The Labute approximate surface area is 178 Å². The van der Waals surface area contributed by atoms with Crippen LogP contribution in [0.25, 0.3) is 20.2 Å². The van der Waals surface area contributed by atoms with Gasteiger partial charge in [0.15, 0.2) is 0 Å². The highest BCUT2D eigenvalue weighted by molar-refractivity contribution is 7.23. The van der Waals surface area contributed by atoms with E-state index in [0.717, 1.165) is 22.6 Å². The third-order valence-electron chi connectivity index (χ3n) is 4.81. The first-order chi connectivity index (χ1) is 13.7. The van der Waals surface area contributed by atoms with Gasteiger partial charge in [-0.25, -0.2) is 4.39 Å². The molecule has 6 heteroatoms. The molecule has 2 heterocycles. The maximum atomic E-state index is 13.6. The van der Waals surface area contributed by atoms with Crippen LogP contribution in [0, 0.1) is 17.1 Å². The molecular weight excluding hydrogens is 401 g/mol. The average molecular weight is 426 g/mol. The lowest BCUT2D eigenvalue weighted by Gasteiger charge is -2.07. The summed E-state index contributed by atoms with van der Waals surface area (Å²) < 4.78 is 15.5. The number of rotatable bonds is 2. The van der Waals surface area contributed by atoms with Crippen LogP contribution in [0.3, 0.4) is 0 Å². The van der Waals surface area contributed by atoms with E-state index in [9.17, 15) is 4.39 Å². The molecule has 4 rings (SSSR count). The Kier molecular flexibility index (Phi) is 6.11. The van der Waals surface area contributed by atoms with Crippen molar-refractivity contribution in [3.05, 3.63) is 58.2 Å². The normalized spacial score (nSPS) is 11.1. The molecule has 150 valence electrons. The Balaban J connectivity index is 0.000000169. The van der Waals surface area contributed by atoms with Gasteiger partial charge in [0.05, 0.1) is 10.3 Å². The first kappa shape index (κ1) is 21.1. The molecule has 0 spiro atoms. The van der Waals surface area contributed by atoms with Gasteiger partial charge in [0.25, 0.3) is 0 Å². The van der Waals surface area contributed by atoms with E-state index >= 15 is 0 Å². The molecule has 0 saturated heterocycles. The second-order valence-corrected chi connectivity index (χ2v) is 9.52. The van der Waals surface area contributed by atoms with E-state index < -0.39 is 0 Å². The summed E-state index contributed by atoms with van der Waals surface area (Å²) in [5.74, 6) is 0.478. The number of hydrogen-bond acceptors (Lipinski definition) is 5. The van der Waals surface area contributed by atoms with Crippen molar-refractivity contribution in [1.82, 2.24) is 0 Å². The molecule has 0 fully saturated rings. The van der Waals surface area contributed by atoms with Gasteiger partial charge in [0.2, 0.25) is 0 Å². The standard InChI is InChI=1S/C12H11FN2S.C11H13NS/c1-6(2)7-3-4-9(13)11-10(7)8(5-14)12(15)16-11;1-7(2)10-6-9(12)5-8-3-4-13-11(8)10/h3-4,6H,15H2,1-2H3;3-7H,12H2,1-2H3. The molecule has 2 aromatic heterocycles. The van der Waals surface area contributed by atoms with Crippen molar-refractivity contribution in [3.8, 4) is 6.07 Å². The third kappa shape index (κ3) is 4.07. The van der Waals surface area contributed by atoms with Crippen LogP contribution >= 0.6 is 22.7 Å². The summed E-state index contributed by atoms with van der Waals surface area (Å²) in [6.45, 7) is 8.44. The fraction of sp³-hybridized carbons (Fsp3) is 0.261. The summed E-state index contributed by atoms with van der Waals surface area (Å²) in [7, 11) is 0. The zero-order chi connectivity index (χ0) is 21.3. The van der Waals surface area contributed by atoms with Gasteiger partial charge >= 0.3 is 0 Å². The number of nitrogens with two attached hydrogens (primary N) is 2. The summed E-state index contributed by atoms with van der Waals surface area (Å²) in [6.07, 6.45) is 0. The summed E-state index contributed by atoms with van der Waals surface area (Å²) in [5.41, 5.74) is 15.2. The predicted molar refractivity (Wildman–Crippen MR) is 125 cm³/mol. The second-order valence-electron chi connectivity index (χ2n) is 7.55. The van der Waals surface area contributed by atoms with Crippen LogP contribution in [0.5, 0.6) is 0 Å². The van der Waals surface area contributed by atoms with Crippen molar-refractivity contribution < 1.29 is 4.39 Å². The lowest BCUT2D eigenvalue weighted by Crippen LogP contribution is -1.91. The quantitative estimate of drug-likeness (QED) is 0.333. The molecule has 4 N–H and O–H groups in total. The van der Waals surface area contributed by atoms with Gasteiger partial charge in [0, 0.05) is 15.8 Å². The number of hydrogen-bond donors (Lipinski definition) is 2. The molecule has 2 aromatic carbocycles. The minimum absolute atomic E-state index is 0.240. The highest BCUT2D eigenvalue weighted by Gasteiger charge is 2.17. The Bertz CT molecular complexity index is 1210. The zero-order valence-electron chi connectivity index (χ0n) is 16.9. The molecule has 0 unspecified atom stereocenters. The zero-order valence-corrected chi connectivity index (χ0v) is 18.5. The molecule has 0 aliphatic rings. The van der Waals surface area contributed by atoms with Crippen molar-refractivity contribution >= 4 is 53.5 Å². The van der Waals surface area contributed by atoms with Crippen LogP contribution in [0.15, 0.2) is 35.7 Å². The van der Waals surface area contributed by atoms with E-state index in [1.54, 1.807) is 17.4 Å². The average Bonchev–Trinajstić information content (AvgIpc) is 3.25. The monoisotopic (exact) mass is 425 g/mol. The van der Waals surface area contributed by atoms with Gasteiger partial charge in [-0.3, -0.25) is 0 Å². The van der Waals surface area contributed by atoms with Crippen molar-refractivity contribution in [2.45, 2.75) is 39.5 Å². The maximum Gasteiger partial charge on any atom is 0.141 e. The third-order valence-corrected chi connectivity index (χ3v) is 6.81. The lowest BCUT2D eigenvalue weighted by molar-refractivity contribution is 0.641. The van der Waals surface area contributed by atoms with Crippen molar-refractivity contribution in [3.63, 3.8) is 0 Å². The number of nitrogen functional groups attached to an aromatic ring is 2. The maximum absolute atomic E-state index is 13.6. The van der Waals surface area contributed by atoms with Gasteiger partial charge < -0.3 is 11.5 Å². The minimum atomic E-state index is -0.308. The van der Waals surface area contributed by atoms with Crippen molar-refractivity contribution in [1.29, 1.82) is 5.26 Å². The Morgan fingerprint density at radius 3 is 2.28 bits per heavy atom. The van der Waals surface area contributed by atoms with Crippen LogP contribution in [-0.2, 0) is 0 Å². The topological polar surface area (TPSA) is 75.8 Å². The van der Waals surface area contributed by atoms with Crippen molar-refractivity contribution in [2.75, 3.05) is 11.5 Å². The number of anilines is 2. The van der Waals surface area contributed by atoms with E-state index in [1.165, 1.54) is 21.7 Å². The number of nitriles is 1. The van der Waals surface area contributed by atoms with Crippen LogP contribution in [0.1, 0.15) is 56.2 Å². The first-order valence-electron chi connectivity index (χ1n) is 9.41. The van der Waals surface area contributed by atoms with Crippen molar-refractivity contribution in [2.24, 2.45) is 0 Å². The molecular formula is C23H24FN3S2. The van der Waals surface area contributed by atoms with Crippen LogP contribution in [-0.4, -0.2) is 0 Å². The smallest absolute Gasteiger partial charge is 0.141 e. The van der Waals surface area contributed by atoms with E-state index in [2.05, 4.69) is 37.4 Å². The van der Waals surface area contributed by atoms with Crippen LogP contribution in [0.4, 0.5) is 15.1 Å². The SMILES string of the molecule is CC(C)c1cc(N)cc2ccsc12.CC(C)c1ccc(F)c2sc(N)c(C#N)c12. The van der Waals surface area contributed by atoms with Gasteiger partial charge in [-0.05, 0) is 58.0 Å². The molecule has 0 saturated carbocycles. The highest BCUT2D eigenvalue weighted by Crippen LogP contribution is 2.39. The molecule has 4 aromatic rings. The molecule has 0 bridgehead atoms. The highest BCUT2D eigenvalue weighted by atomic mass is 32.1. The number of thiophene rings is 2. The number of halogens is 1. The second kappa shape index (κ2) is 8.40. The lowest BCUT2D eigenvalue weighted by atomic mass is 9.97. The molecule has 0 radical (unpaired) electrons. The van der Waals surface area contributed by atoms with Crippen LogP contribution < -0.4 is 11.5 Å². The predicted octanol–water partition coefficient (Wildman–Crippen LogP) is 7.22. The number of fused-ring (bicyclic) bond motifs is 2. The molecule has 0 aliphatic carbocycles. The van der Waals surface area contributed by atoms with E-state index in [-0.39, 0.29) is 11.7 Å². The van der Waals surface area contributed by atoms with E-state index in [1.807, 2.05) is 19.9 Å². The van der Waals surface area contributed by atoms with Gasteiger partial charge in [0.1, 0.15) is 16.9 Å². The summed E-state index contributed by atoms with van der Waals surface area (Å²) >= 11 is 2.94.